The van der Waals surface area contributed by atoms with Gasteiger partial charge < -0.3 is 15.0 Å². The summed E-state index contributed by atoms with van der Waals surface area (Å²) < 4.78 is 5.75. The Morgan fingerprint density at radius 3 is 2.46 bits per heavy atom. The minimum absolute atomic E-state index is 0.228. The number of nitrogens with one attached hydrogen (secondary N) is 1. The number of carbonyl (C=O) groups excluding carboxylic acids is 1. The van der Waals surface area contributed by atoms with Crippen molar-refractivity contribution in [1.82, 2.24) is 15.1 Å². The number of piperazine rings is 1. The molecule has 1 aromatic carbocycles. The van der Waals surface area contributed by atoms with Gasteiger partial charge in [0.1, 0.15) is 12.4 Å². The molecule has 6 heteroatoms. The number of halogens is 1. The first-order valence-electron chi connectivity index (χ1n) is 8.82. The zero-order valence-corrected chi connectivity index (χ0v) is 14.8. The van der Waals surface area contributed by atoms with E-state index in [0.717, 1.165) is 69.4 Å². The monoisotopic (exact) mass is 351 g/mol. The summed E-state index contributed by atoms with van der Waals surface area (Å²) in [5.74, 6) is 1.43. The summed E-state index contributed by atoms with van der Waals surface area (Å²) in [6, 6.07) is 7.44. The van der Waals surface area contributed by atoms with Crippen LogP contribution in [0.3, 0.4) is 0 Å². The first-order chi connectivity index (χ1) is 11.7. The van der Waals surface area contributed by atoms with E-state index in [9.17, 15) is 4.79 Å². The van der Waals surface area contributed by atoms with Crippen molar-refractivity contribution >= 4 is 17.5 Å². The van der Waals surface area contributed by atoms with Gasteiger partial charge >= 0.3 is 0 Å². The zero-order chi connectivity index (χ0) is 16.8. The Hall–Kier alpha value is -1.30. The lowest BCUT2D eigenvalue weighted by atomic mass is 9.96. The predicted octanol–water partition coefficient (Wildman–Crippen LogP) is 1.86. The number of amides is 1. The molecule has 0 radical (unpaired) electrons. The third-order valence-electron chi connectivity index (χ3n) is 4.86. The number of carbonyl (C=O) groups is 1. The number of nitrogens with zero attached hydrogens (tertiary/aromatic N) is 2. The van der Waals surface area contributed by atoms with Gasteiger partial charge in [0.2, 0.25) is 5.91 Å². The molecule has 2 heterocycles. The van der Waals surface area contributed by atoms with Crippen molar-refractivity contribution < 1.29 is 9.53 Å². The molecule has 1 N–H and O–H groups in total. The lowest BCUT2D eigenvalue weighted by Gasteiger charge is -2.37. The number of hydrogen-bond donors (Lipinski definition) is 1. The van der Waals surface area contributed by atoms with Crippen LogP contribution in [0, 0.1) is 5.92 Å². The van der Waals surface area contributed by atoms with Crippen LogP contribution >= 0.6 is 11.6 Å². The number of piperidine rings is 1. The molecule has 0 aromatic heterocycles. The Bertz CT molecular complexity index is 524. The molecule has 1 amide bonds. The fourth-order valence-electron chi connectivity index (χ4n) is 3.34. The molecule has 0 bridgehead atoms. The van der Waals surface area contributed by atoms with Gasteiger partial charge in [-0.3, -0.25) is 9.69 Å². The zero-order valence-electron chi connectivity index (χ0n) is 14.0. The third kappa shape index (κ3) is 4.85. The molecule has 132 valence electrons. The van der Waals surface area contributed by atoms with Crippen LogP contribution in [0.4, 0.5) is 0 Å². The van der Waals surface area contributed by atoms with Crippen LogP contribution in [0.15, 0.2) is 24.3 Å². The summed E-state index contributed by atoms with van der Waals surface area (Å²) in [7, 11) is 0. The van der Waals surface area contributed by atoms with Gasteiger partial charge in [-0.1, -0.05) is 11.6 Å². The van der Waals surface area contributed by atoms with Crippen molar-refractivity contribution in [3.05, 3.63) is 29.3 Å². The van der Waals surface area contributed by atoms with E-state index in [2.05, 4.69) is 10.2 Å². The SMILES string of the molecule is O=C(C1CCNCC1)N1CCN(CCOc2ccc(Cl)cc2)CC1. The molecular formula is C18H26ClN3O2. The Labute approximate surface area is 148 Å². The Morgan fingerprint density at radius 2 is 1.79 bits per heavy atom. The fourth-order valence-corrected chi connectivity index (χ4v) is 3.47. The van der Waals surface area contributed by atoms with Crippen molar-refractivity contribution in [3.8, 4) is 5.75 Å². The van der Waals surface area contributed by atoms with Crippen molar-refractivity contribution in [2.75, 3.05) is 52.4 Å². The molecule has 24 heavy (non-hydrogen) atoms. The highest BCUT2D eigenvalue weighted by Crippen LogP contribution is 2.17. The molecule has 0 unspecified atom stereocenters. The quantitative estimate of drug-likeness (QED) is 0.879. The van der Waals surface area contributed by atoms with Crippen LogP contribution in [0.5, 0.6) is 5.75 Å². The van der Waals surface area contributed by atoms with Crippen molar-refractivity contribution in [1.29, 1.82) is 0 Å². The highest BCUT2D eigenvalue weighted by atomic mass is 35.5. The van der Waals surface area contributed by atoms with E-state index in [1.54, 1.807) is 0 Å². The molecule has 2 fully saturated rings. The number of hydrogen-bond acceptors (Lipinski definition) is 4. The van der Waals surface area contributed by atoms with E-state index < -0.39 is 0 Å². The van der Waals surface area contributed by atoms with Gasteiger partial charge in [0.25, 0.3) is 0 Å². The molecule has 2 aliphatic rings. The normalized spacial score (nSPS) is 20.1. The summed E-state index contributed by atoms with van der Waals surface area (Å²) in [5, 5.41) is 4.04. The summed E-state index contributed by atoms with van der Waals surface area (Å²) in [5.41, 5.74) is 0. The lowest BCUT2D eigenvalue weighted by Crippen LogP contribution is -2.52. The van der Waals surface area contributed by atoms with Gasteiger partial charge in [-0.2, -0.15) is 0 Å². The van der Waals surface area contributed by atoms with Crippen molar-refractivity contribution in [2.45, 2.75) is 12.8 Å². The lowest BCUT2D eigenvalue weighted by molar-refractivity contribution is -0.138. The third-order valence-corrected chi connectivity index (χ3v) is 5.11. The van der Waals surface area contributed by atoms with Crippen molar-refractivity contribution in [3.63, 3.8) is 0 Å². The maximum Gasteiger partial charge on any atom is 0.225 e. The maximum absolute atomic E-state index is 12.5. The number of ether oxygens (including phenoxy) is 1. The van der Waals surface area contributed by atoms with Gasteiger partial charge in [-0.15, -0.1) is 0 Å². The standard InChI is InChI=1S/C18H26ClN3O2/c19-16-1-3-17(4-2-16)24-14-13-21-9-11-22(12-10-21)18(23)15-5-7-20-8-6-15/h1-4,15,20H,5-14H2. The molecule has 0 atom stereocenters. The number of rotatable bonds is 5. The largest absolute Gasteiger partial charge is 0.492 e. The Kier molecular flexibility index (Phi) is 6.35. The summed E-state index contributed by atoms with van der Waals surface area (Å²) in [4.78, 5) is 16.9. The van der Waals surface area contributed by atoms with Crippen LogP contribution < -0.4 is 10.1 Å². The van der Waals surface area contributed by atoms with E-state index in [4.69, 9.17) is 16.3 Å². The van der Waals surface area contributed by atoms with E-state index in [1.165, 1.54) is 0 Å². The second-order valence-corrected chi connectivity index (χ2v) is 6.93. The maximum atomic E-state index is 12.5. The van der Waals surface area contributed by atoms with Gasteiger partial charge in [0.05, 0.1) is 0 Å². The summed E-state index contributed by atoms with van der Waals surface area (Å²) in [6.07, 6.45) is 1.96. The fraction of sp³-hybridized carbons (Fsp3) is 0.611. The predicted molar refractivity (Wildman–Crippen MR) is 95.6 cm³/mol. The molecule has 0 spiro atoms. The molecule has 2 aliphatic heterocycles. The number of benzene rings is 1. The minimum atomic E-state index is 0.228. The van der Waals surface area contributed by atoms with Gasteiger partial charge in [-0.05, 0) is 50.2 Å². The van der Waals surface area contributed by atoms with Gasteiger partial charge in [0, 0.05) is 43.7 Å². The topological polar surface area (TPSA) is 44.8 Å². The van der Waals surface area contributed by atoms with E-state index in [0.29, 0.717) is 12.5 Å². The Morgan fingerprint density at radius 1 is 1.12 bits per heavy atom. The molecular weight excluding hydrogens is 326 g/mol. The Balaban J connectivity index is 1.35. The second-order valence-electron chi connectivity index (χ2n) is 6.49. The molecule has 1 aromatic rings. The molecule has 0 aliphatic carbocycles. The van der Waals surface area contributed by atoms with Crippen LogP contribution in [0.25, 0.3) is 0 Å². The molecule has 3 rings (SSSR count). The van der Waals surface area contributed by atoms with Crippen LogP contribution in [-0.2, 0) is 4.79 Å². The summed E-state index contributed by atoms with van der Waals surface area (Å²) >= 11 is 5.86. The smallest absolute Gasteiger partial charge is 0.225 e. The molecule has 5 nitrogen and oxygen atoms in total. The molecule has 2 saturated heterocycles. The first kappa shape index (κ1) is 17.5. The minimum Gasteiger partial charge on any atom is -0.492 e. The van der Waals surface area contributed by atoms with Crippen molar-refractivity contribution in [2.24, 2.45) is 5.92 Å². The van der Waals surface area contributed by atoms with Crippen LogP contribution in [0.1, 0.15) is 12.8 Å². The van der Waals surface area contributed by atoms with Crippen LogP contribution in [0.2, 0.25) is 5.02 Å². The van der Waals surface area contributed by atoms with E-state index in [-0.39, 0.29) is 5.92 Å². The van der Waals surface area contributed by atoms with E-state index in [1.807, 2.05) is 29.2 Å². The summed E-state index contributed by atoms with van der Waals surface area (Å²) in [6.45, 7) is 7.02. The van der Waals surface area contributed by atoms with Crippen LogP contribution in [-0.4, -0.2) is 68.1 Å². The highest BCUT2D eigenvalue weighted by molar-refractivity contribution is 6.30. The molecule has 0 saturated carbocycles. The average molecular weight is 352 g/mol. The average Bonchev–Trinajstić information content (AvgIpc) is 2.64. The highest BCUT2D eigenvalue weighted by Gasteiger charge is 2.28. The van der Waals surface area contributed by atoms with Gasteiger partial charge in [0.15, 0.2) is 0 Å². The van der Waals surface area contributed by atoms with E-state index >= 15 is 0 Å². The first-order valence-corrected chi connectivity index (χ1v) is 9.20. The van der Waals surface area contributed by atoms with Gasteiger partial charge in [-0.25, -0.2) is 0 Å². The second kappa shape index (κ2) is 8.70.